The normalized spacial score (nSPS) is 12.0. The molecule has 0 aliphatic heterocycles. The first-order valence-corrected chi connectivity index (χ1v) is 6.14. The fraction of sp³-hybridized carbons (Fsp3) is 0.500. The molecule has 0 aliphatic rings. The van der Waals surface area contributed by atoms with Crippen LogP contribution in [0.25, 0.3) is 0 Å². The van der Waals surface area contributed by atoms with E-state index in [0.717, 1.165) is 16.9 Å². The van der Waals surface area contributed by atoms with Crippen LogP contribution >= 0.6 is 0 Å². The zero-order valence-corrected chi connectivity index (χ0v) is 11.2. The van der Waals surface area contributed by atoms with Gasteiger partial charge in [-0.05, 0) is 37.5 Å². The quantitative estimate of drug-likeness (QED) is 0.788. The van der Waals surface area contributed by atoms with Crippen molar-refractivity contribution in [1.82, 2.24) is 0 Å². The molecule has 100 valence electrons. The van der Waals surface area contributed by atoms with Gasteiger partial charge in [0.05, 0.1) is 13.7 Å². The number of methoxy groups -OCH3 is 1. The molecule has 0 amide bonds. The summed E-state index contributed by atoms with van der Waals surface area (Å²) in [6.07, 6.45) is 0.935. The van der Waals surface area contributed by atoms with Crippen molar-refractivity contribution in [3.8, 4) is 5.75 Å². The molecule has 2 N–H and O–H groups in total. The number of esters is 1. The van der Waals surface area contributed by atoms with Crippen molar-refractivity contribution in [1.29, 1.82) is 0 Å². The second kappa shape index (κ2) is 7.01. The number of ether oxygens (including phenoxy) is 2. The Labute approximate surface area is 108 Å². The van der Waals surface area contributed by atoms with Crippen LogP contribution < -0.4 is 10.5 Å². The van der Waals surface area contributed by atoms with Crippen molar-refractivity contribution < 1.29 is 14.3 Å². The fourth-order valence-electron chi connectivity index (χ4n) is 1.81. The number of nitrogens with two attached hydrogens (primary N) is 1. The van der Waals surface area contributed by atoms with Gasteiger partial charge in [0.25, 0.3) is 0 Å². The van der Waals surface area contributed by atoms with Gasteiger partial charge < -0.3 is 15.2 Å². The molecule has 1 aromatic rings. The molecular formula is C14H21NO3. The molecule has 4 nitrogen and oxygen atoms in total. The maximum atomic E-state index is 11.2. The molecule has 0 spiro atoms. The SMILES string of the molecule is CCOC(=O)CCC(N)c1ccc(OC)c(C)c1. The maximum absolute atomic E-state index is 11.2. The van der Waals surface area contributed by atoms with Crippen molar-refractivity contribution in [2.24, 2.45) is 5.73 Å². The number of aryl methyl sites for hydroxylation is 1. The summed E-state index contributed by atoms with van der Waals surface area (Å²) in [4.78, 5) is 11.2. The Bertz CT molecular complexity index is 404. The van der Waals surface area contributed by atoms with Crippen molar-refractivity contribution in [2.75, 3.05) is 13.7 Å². The second-order valence-corrected chi connectivity index (χ2v) is 4.18. The van der Waals surface area contributed by atoms with Crippen LogP contribution in [0.4, 0.5) is 0 Å². The first-order chi connectivity index (χ1) is 8.58. The Balaban J connectivity index is 2.58. The van der Waals surface area contributed by atoms with Crippen LogP contribution in [0, 0.1) is 6.92 Å². The highest BCUT2D eigenvalue weighted by Crippen LogP contribution is 2.23. The summed E-state index contributed by atoms with van der Waals surface area (Å²) < 4.78 is 10.1. The third-order valence-corrected chi connectivity index (χ3v) is 2.81. The topological polar surface area (TPSA) is 61.5 Å². The maximum Gasteiger partial charge on any atom is 0.305 e. The molecule has 0 heterocycles. The van der Waals surface area contributed by atoms with E-state index in [1.807, 2.05) is 25.1 Å². The number of carbonyl (C=O) groups excluding carboxylic acids is 1. The lowest BCUT2D eigenvalue weighted by molar-refractivity contribution is -0.143. The minimum absolute atomic E-state index is 0.154. The molecule has 0 aromatic heterocycles. The predicted octanol–water partition coefficient (Wildman–Crippen LogP) is 2.35. The van der Waals surface area contributed by atoms with E-state index in [9.17, 15) is 4.79 Å². The van der Waals surface area contributed by atoms with Gasteiger partial charge in [0.15, 0.2) is 0 Å². The van der Waals surface area contributed by atoms with E-state index in [1.165, 1.54) is 0 Å². The first kappa shape index (κ1) is 14.5. The van der Waals surface area contributed by atoms with Crippen LogP contribution in [0.1, 0.15) is 36.9 Å². The van der Waals surface area contributed by atoms with E-state index in [4.69, 9.17) is 15.2 Å². The van der Waals surface area contributed by atoms with E-state index < -0.39 is 0 Å². The van der Waals surface area contributed by atoms with Gasteiger partial charge in [0.1, 0.15) is 5.75 Å². The smallest absolute Gasteiger partial charge is 0.305 e. The molecule has 1 aromatic carbocycles. The molecule has 0 saturated heterocycles. The lowest BCUT2D eigenvalue weighted by Crippen LogP contribution is -2.14. The summed E-state index contributed by atoms with van der Waals surface area (Å²) in [5, 5.41) is 0. The number of carbonyl (C=O) groups is 1. The van der Waals surface area contributed by atoms with Gasteiger partial charge in [-0.15, -0.1) is 0 Å². The summed E-state index contributed by atoms with van der Waals surface area (Å²) >= 11 is 0. The van der Waals surface area contributed by atoms with E-state index in [0.29, 0.717) is 19.4 Å². The van der Waals surface area contributed by atoms with Crippen LogP contribution in [0.2, 0.25) is 0 Å². The molecule has 0 radical (unpaired) electrons. The first-order valence-electron chi connectivity index (χ1n) is 6.14. The van der Waals surface area contributed by atoms with Gasteiger partial charge in [0, 0.05) is 12.5 Å². The number of hydrogen-bond donors (Lipinski definition) is 1. The Morgan fingerprint density at radius 3 is 2.72 bits per heavy atom. The van der Waals surface area contributed by atoms with Gasteiger partial charge in [-0.3, -0.25) is 4.79 Å². The zero-order valence-electron chi connectivity index (χ0n) is 11.2. The molecule has 0 aliphatic carbocycles. The Morgan fingerprint density at radius 2 is 2.17 bits per heavy atom. The lowest BCUT2D eigenvalue weighted by atomic mass is 10.0. The van der Waals surface area contributed by atoms with Crippen molar-refractivity contribution in [2.45, 2.75) is 32.7 Å². The molecule has 1 unspecified atom stereocenters. The summed E-state index contributed by atoms with van der Waals surface area (Å²) in [6.45, 7) is 4.18. The highest BCUT2D eigenvalue weighted by atomic mass is 16.5. The molecule has 0 fully saturated rings. The molecule has 18 heavy (non-hydrogen) atoms. The van der Waals surface area contributed by atoms with Crippen LogP contribution in [-0.4, -0.2) is 19.7 Å². The number of rotatable bonds is 6. The van der Waals surface area contributed by atoms with Crippen LogP contribution in [0.3, 0.4) is 0 Å². The minimum atomic E-state index is -0.196. The standard InChI is InChI=1S/C14H21NO3/c1-4-18-14(16)8-6-12(15)11-5-7-13(17-3)10(2)9-11/h5,7,9,12H,4,6,8,15H2,1-3H3. The third-order valence-electron chi connectivity index (χ3n) is 2.81. The molecule has 1 atom stereocenters. The number of hydrogen-bond acceptors (Lipinski definition) is 4. The Hall–Kier alpha value is -1.55. The summed E-state index contributed by atoms with van der Waals surface area (Å²) in [7, 11) is 1.64. The van der Waals surface area contributed by atoms with Gasteiger partial charge in [-0.1, -0.05) is 12.1 Å². The van der Waals surface area contributed by atoms with Crippen molar-refractivity contribution >= 4 is 5.97 Å². The highest BCUT2D eigenvalue weighted by Gasteiger charge is 2.11. The van der Waals surface area contributed by atoms with Gasteiger partial charge >= 0.3 is 5.97 Å². The van der Waals surface area contributed by atoms with E-state index in [1.54, 1.807) is 14.0 Å². The monoisotopic (exact) mass is 251 g/mol. The highest BCUT2D eigenvalue weighted by molar-refractivity contribution is 5.69. The Kier molecular flexibility index (Phi) is 5.65. The molecule has 0 bridgehead atoms. The van der Waals surface area contributed by atoms with E-state index in [2.05, 4.69) is 0 Å². The second-order valence-electron chi connectivity index (χ2n) is 4.18. The Morgan fingerprint density at radius 1 is 1.44 bits per heavy atom. The van der Waals surface area contributed by atoms with Crippen LogP contribution in [0.15, 0.2) is 18.2 Å². The van der Waals surface area contributed by atoms with Crippen molar-refractivity contribution in [3.05, 3.63) is 29.3 Å². The van der Waals surface area contributed by atoms with E-state index in [-0.39, 0.29) is 12.0 Å². The molecular weight excluding hydrogens is 230 g/mol. The third kappa shape index (κ3) is 4.04. The van der Waals surface area contributed by atoms with Gasteiger partial charge in [-0.2, -0.15) is 0 Å². The molecule has 0 saturated carbocycles. The summed E-state index contributed by atoms with van der Waals surface area (Å²) in [5.74, 6) is 0.648. The van der Waals surface area contributed by atoms with E-state index >= 15 is 0 Å². The zero-order chi connectivity index (χ0) is 13.5. The average Bonchev–Trinajstić information content (AvgIpc) is 2.36. The van der Waals surface area contributed by atoms with Gasteiger partial charge in [-0.25, -0.2) is 0 Å². The molecule has 1 rings (SSSR count). The summed E-state index contributed by atoms with van der Waals surface area (Å²) in [6, 6.07) is 5.67. The van der Waals surface area contributed by atoms with Crippen molar-refractivity contribution in [3.63, 3.8) is 0 Å². The number of benzene rings is 1. The average molecular weight is 251 g/mol. The fourth-order valence-corrected chi connectivity index (χ4v) is 1.81. The van der Waals surface area contributed by atoms with Gasteiger partial charge in [0.2, 0.25) is 0 Å². The largest absolute Gasteiger partial charge is 0.496 e. The predicted molar refractivity (Wildman–Crippen MR) is 70.5 cm³/mol. The summed E-state index contributed by atoms with van der Waals surface area (Å²) in [5.41, 5.74) is 8.11. The molecule has 4 heteroatoms. The minimum Gasteiger partial charge on any atom is -0.496 e. The lowest BCUT2D eigenvalue weighted by Gasteiger charge is -2.13. The van der Waals surface area contributed by atoms with Crippen LogP contribution in [-0.2, 0) is 9.53 Å². The van der Waals surface area contributed by atoms with Crippen LogP contribution in [0.5, 0.6) is 5.75 Å².